The van der Waals surface area contributed by atoms with Crippen LogP contribution in [-0.4, -0.2) is 41.9 Å². The molecular formula is C28H26N4O2. The first-order chi connectivity index (χ1) is 16.6. The largest absolute Gasteiger partial charge is 0.349 e. The van der Waals surface area contributed by atoms with Crippen LogP contribution in [0.5, 0.6) is 0 Å². The fourth-order valence-electron chi connectivity index (χ4n) is 5.52. The van der Waals surface area contributed by atoms with E-state index in [0.29, 0.717) is 6.54 Å². The van der Waals surface area contributed by atoms with Gasteiger partial charge in [0.1, 0.15) is 12.7 Å². The van der Waals surface area contributed by atoms with Crippen molar-refractivity contribution in [2.45, 2.75) is 19.1 Å². The molecule has 0 radical (unpaired) electrons. The molecule has 0 saturated carbocycles. The Morgan fingerprint density at radius 3 is 2.50 bits per heavy atom. The molecule has 0 bridgehead atoms. The summed E-state index contributed by atoms with van der Waals surface area (Å²) in [5, 5.41) is 1.16. The summed E-state index contributed by atoms with van der Waals surface area (Å²) in [7, 11) is 3.85. The van der Waals surface area contributed by atoms with Crippen LogP contribution in [0, 0.1) is 0 Å². The van der Waals surface area contributed by atoms with E-state index in [0.717, 1.165) is 40.0 Å². The van der Waals surface area contributed by atoms with E-state index in [4.69, 9.17) is 0 Å². The lowest BCUT2D eigenvalue weighted by atomic mass is 9.96. The fourth-order valence-corrected chi connectivity index (χ4v) is 5.52. The summed E-state index contributed by atoms with van der Waals surface area (Å²) in [6, 6.07) is 25.7. The molecule has 2 aliphatic heterocycles. The van der Waals surface area contributed by atoms with E-state index in [1.165, 1.54) is 5.56 Å². The predicted octanol–water partition coefficient (Wildman–Crippen LogP) is 4.45. The van der Waals surface area contributed by atoms with Crippen molar-refractivity contribution < 1.29 is 9.59 Å². The van der Waals surface area contributed by atoms with Gasteiger partial charge in [0.25, 0.3) is 5.91 Å². The average molecular weight is 451 g/mol. The fraction of sp³-hybridized carbons (Fsp3) is 0.214. The smallest absolute Gasteiger partial charge is 0.257 e. The monoisotopic (exact) mass is 450 g/mol. The molecule has 1 atom stereocenters. The number of hydrogen-bond donors (Lipinski definition) is 0. The van der Waals surface area contributed by atoms with Crippen LogP contribution in [0.4, 0.5) is 11.4 Å². The molecule has 6 nitrogen and oxygen atoms in total. The van der Waals surface area contributed by atoms with Gasteiger partial charge in [-0.1, -0.05) is 48.5 Å². The van der Waals surface area contributed by atoms with Crippen LogP contribution >= 0.6 is 0 Å². The van der Waals surface area contributed by atoms with Crippen molar-refractivity contribution in [3.63, 3.8) is 0 Å². The second-order valence-electron chi connectivity index (χ2n) is 9.01. The summed E-state index contributed by atoms with van der Waals surface area (Å²) in [6.07, 6.45) is 0.512. The van der Waals surface area contributed by atoms with Gasteiger partial charge in [0.05, 0.1) is 16.9 Å². The maximum Gasteiger partial charge on any atom is 0.257 e. The number of hydrogen-bond acceptors (Lipinski definition) is 3. The third-order valence-electron chi connectivity index (χ3n) is 7.22. The highest BCUT2D eigenvalue weighted by Crippen LogP contribution is 2.44. The molecule has 6 heteroatoms. The Bertz CT molecular complexity index is 1430. The molecular weight excluding hydrogens is 424 g/mol. The second kappa shape index (κ2) is 7.76. The van der Waals surface area contributed by atoms with Gasteiger partial charge < -0.3 is 19.3 Å². The second-order valence-corrected chi connectivity index (χ2v) is 9.01. The molecule has 34 heavy (non-hydrogen) atoms. The Kier molecular flexibility index (Phi) is 4.69. The number of fused-ring (bicyclic) bond motifs is 6. The molecule has 0 aliphatic carbocycles. The lowest BCUT2D eigenvalue weighted by Gasteiger charge is -2.46. The predicted molar refractivity (Wildman–Crippen MR) is 134 cm³/mol. The summed E-state index contributed by atoms with van der Waals surface area (Å²) in [6.45, 7) is 0.857. The van der Waals surface area contributed by atoms with Gasteiger partial charge in [0, 0.05) is 37.2 Å². The van der Waals surface area contributed by atoms with Crippen molar-refractivity contribution >= 4 is 34.1 Å². The summed E-state index contributed by atoms with van der Waals surface area (Å²) in [5.41, 5.74) is 5.80. The number of benzene rings is 3. The standard InChI is InChI=1S/C28H26N4O2/c1-29(19-10-4-3-5-11-19)25(33)18-32-24-15-9-6-12-20(24)21-16-17-31-27(26(21)32)30(2)23-14-8-7-13-22(23)28(31)34/h3-15,27H,16-18H2,1-2H3. The van der Waals surface area contributed by atoms with Crippen LogP contribution in [0.3, 0.4) is 0 Å². The first kappa shape index (κ1) is 20.5. The van der Waals surface area contributed by atoms with Gasteiger partial charge in [-0.25, -0.2) is 0 Å². The first-order valence-electron chi connectivity index (χ1n) is 11.6. The zero-order chi connectivity index (χ0) is 23.4. The van der Waals surface area contributed by atoms with Crippen molar-refractivity contribution in [2.75, 3.05) is 30.4 Å². The molecule has 6 rings (SSSR count). The Hall–Kier alpha value is -4.06. The van der Waals surface area contributed by atoms with Crippen LogP contribution in [0.25, 0.3) is 10.9 Å². The highest BCUT2D eigenvalue weighted by atomic mass is 16.2. The summed E-state index contributed by atoms with van der Waals surface area (Å²) in [4.78, 5) is 32.7. The SMILES string of the molecule is CN(C(=O)Cn1c2c(c3ccccc31)CCN1C(=O)c3ccccc3N(C)C21)c1ccccc1. The minimum atomic E-state index is -0.256. The minimum Gasteiger partial charge on any atom is -0.349 e. The van der Waals surface area contributed by atoms with Crippen molar-refractivity contribution in [3.05, 3.63) is 95.7 Å². The van der Waals surface area contributed by atoms with Gasteiger partial charge >= 0.3 is 0 Å². The van der Waals surface area contributed by atoms with Gasteiger partial charge in [0.15, 0.2) is 0 Å². The van der Waals surface area contributed by atoms with Crippen molar-refractivity contribution in [1.82, 2.24) is 9.47 Å². The maximum absolute atomic E-state index is 13.5. The molecule has 3 heterocycles. The van der Waals surface area contributed by atoms with Gasteiger partial charge in [-0.15, -0.1) is 0 Å². The molecule has 1 unspecified atom stereocenters. The number of para-hydroxylation sites is 3. The molecule has 4 aromatic rings. The van der Waals surface area contributed by atoms with Gasteiger partial charge in [0.2, 0.25) is 5.91 Å². The molecule has 2 aliphatic rings. The van der Waals surface area contributed by atoms with E-state index in [1.807, 2.05) is 85.7 Å². The topological polar surface area (TPSA) is 48.8 Å². The lowest BCUT2D eigenvalue weighted by Crippen LogP contribution is -2.51. The van der Waals surface area contributed by atoms with Gasteiger partial charge in [-0.3, -0.25) is 9.59 Å². The summed E-state index contributed by atoms with van der Waals surface area (Å²) >= 11 is 0. The normalized spacial score (nSPS) is 16.8. The van der Waals surface area contributed by atoms with Crippen molar-refractivity contribution in [3.8, 4) is 0 Å². The third-order valence-corrected chi connectivity index (χ3v) is 7.22. The number of carbonyl (C=O) groups is 2. The van der Waals surface area contributed by atoms with Gasteiger partial charge in [-0.2, -0.15) is 0 Å². The summed E-state index contributed by atoms with van der Waals surface area (Å²) < 4.78 is 2.13. The third kappa shape index (κ3) is 2.95. The molecule has 0 N–H and O–H groups in total. The molecule has 1 aromatic heterocycles. The molecule has 0 saturated heterocycles. The van der Waals surface area contributed by atoms with Crippen LogP contribution in [0.2, 0.25) is 0 Å². The number of nitrogens with zero attached hydrogens (tertiary/aromatic N) is 4. The molecule has 2 amide bonds. The van der Waals surface area contributed by atoms with Crippen molar-refractivity contribution in [2.24, 2.45) is 0 Å². The Morgan fingerprint density at radius 1 is 0.971 bits per heavy atom. The number of rotatable bonds is 3. The van der Waals surface area contributed by atoms with Crippen LogP contribution in [0.15, 0.2) is 78.9 Å². The van der Waals surface area contributed by atoms with Crippen LogP contribution < -0.4 is 9.80 Å². The Labute approximate surface area is 198 Å². The maximum atomic E-state index is 13.5. The Balaban J connectivity index is 1.49. The van der Waals surface area contributed by atoms with Crippen LogP contribution in [-0.2, 0) is 17.8 Å². The van der Waals surface area contributed by atoms with E-state index in [1.54, 1.807) is 4.90 Å². The van der Waals surface area contributed by atoms with E-state index in [-0.39, 0.29) is 24.5 Å². The minimum absolute atomic E-state index is 0.00272. The quantitative estimate of drug-likeness (QED) is 0.463. The Morgan fingerprint density at radius 2 is 1.68 bits per heavy atom. The van der Waals surface area contributed by atoms with E-state index in [2.05, 4.69) is 21.6 Å². The van der Waals surface area contributed by atoms with E-state index in [9.17, 15) is 9.59 Å². The van der Waals surface area contributed by atoms with Gasteiger partial charge in [-0.05, 0) is 42.3 Å². The highest BCUT2D eigenvalue weighted by molar-refractivity contribution is 6.03. The first-order valence-corrected chi connectivity index (χ1v) is 11.6. The van der Waals surface area contributed by atoms with E-state index < -0.39 is 0 Å². The number of carbonyl (C=O) groups excluding carboxylic acids is 2. The van der Waals surface area contributed by atoms with E-state index >= 15 is 0 Å². The molecule has 3 aromatic carbocycles. The van der Waals surface area contributed by atoms with Crippen LogP contribution in [0.1, 0.15) is 27.8 Å². The molecule has 0 fully saturated rings. The average Bonchev–Trinajstić information content (AvgIpc) is 3.20. The number of likely N-dealkylation sites (N-methyl/N-ethyl adjacent to an activating group) is 1. The zero-order valence-corrected chi connectivity index (χ0v) is 19.3. The molecule has 0 spiro atoms. The number of anilines is 2. The van der Waals surface area contributed by atoms with Crippen molar-refractivity contribution in [1.29, 1.82) is 0 Å². The summed E-state index contributed by atoms with van der Waals surface area (Å²) in [5.74, 6) is 0.0472. The zero-order valence-electron chi connectivity index (χ0n) is 19.3. The number of aromatic nitrogens is 1. The number of amides is 2. The highest BCUT2D eigenvalue weighted by Gasteiger charge is 2.42. The molecule has 170 valence electrons. The lowest BCUT2D eigenvalue weighted by molar-refractivity contribution is -0.118.